The molecule has 1 amide bonds. The van der Waals surface area contributed by atoms with Gasteiger partial charge in [0.05, 0.1) is 6.54 Å². The van der Waals surface area contributed by atoms with Gasteiger partial charge in [0.1, 0.15) is 6.61 Å². The molecule has 0 saturated carbocycles. The summed E-state index contributed by atoms with van der Waals surface area (Å²) < 4.78 is 19.0. The SMILES string of the molecule is O=C(CN1CCN(CCOc2ccccc2F)CC1)N1CCCC1. The third kappa shape index (κ3) is 4.68. The molecular formula is C18H26FN3O2. The highest BCUT2D eigenvalue weighted by Crippen LogP contribution is 2.15. The molecule has 1 aromatic rings. The number of piperazine rings is 1. The summed E-state index contributed by atoms with van der Waals surface area (Å²) in [5.74, 6) is 0.263. The number of para-hydroxylation sites is 1. The number of likely N-dealkylation sites (tertiary alicyclic amines) is 1. The summed E-state index contributed by atoms with van der Waals surface area (Å²) in [6.07, 6.45) is 2.28. The number of nitrogens with zero attached hydrogens (tertiary/aromatic N) is 3. The summed E-state index contributed by atoms with van der Waals surface area (Å²) in [7, 11) is 0. The smallest absolute Gasteiger partial charge is 0.236 e. The standard InChI is InChI=1S/C18H26FN3O2/c19-16-5-1-2-6-17(16)24-14-13-20-9-11-21(12-10-20)15-18(23)22-7-3-4-8-22/h1-2,5-6H,3-4,7-15H2. The molecule has 132 valence electrons. The zero-order chi connectivity index (χ0) is 16.8. The summed E-state index contributed by atoms with van der Waals surface area (Å²) in [4.78, 5) is 18.7. The average molecular weight is 335 g/mol. The normalized spacial score (nSPS) is 19.6. The van der Waals surface area contributed by atoms with Gasteiger partial charge in [0.15, 0.2) is 11.6 Å². The average Bonchev–Trinajstić information content (AvgIpc) is 3.13. The molecule has 2 fully saturated rings. The molecule has 5 nitrogen and oxygen atoms in total. The van der Waals surface area contributed by atoms with E-state index < -0.39 is 0 Å². The molecule has 2 heterocycles. The van der Waals surface area contributed by atoms with Crippen molar-refractivity contribution >= 4 is 5.91 Å². The van der Waals surface area contributed by atoms with Crippen molar-refractivity contribution in [2.24, 2.45) is 0 Å². The number of ether oxygens (including phenoxy) is 1. The van der Waals surface area contributed by atoms with Gasteiger partial charge in [-0.3, -0.25) is 14.6 Å². The van der Waals surface area contributed by atoms with Crippen LogP contribution in [-0.4, -0.2) is 79.6 Å². The summed E-state index contributed by atoms with van der Waals surface area (Å²) in [6, 6.07) is 6.49. The molecule has 2 aliphatic rings. The van der Waals surface area contributed by atoms with E-state index in [0.717, 1.165) is 58.7 Å². The first kappa shape index (κ1) is 17.2. The van der Waals surface area contributed by atoms with Crippen LogP contribution in [0.3, 0.4) is 0 Å². The first-order valence-electron chi connectivity index (χ1n) is 8.82. The summed E-state index contributed by atoms with van der Waals surface area (Å²) in [5, 5.41) is 0. The van der Waals surface area contributed by atoms with E-state index in [0.29, 0.717) is 18.9 Å². The first-order chi connectivity index (χ1) is 11.7. The van der Waals surface area contributed by atoms with Crippen LogP contribution in [0.5, 0.6) is 5.75 Å². The molecule has 0 N–H and O–H groups in total. The highest BCUT2D eigenvalue weighted by molar-refractivity contribution is 5.78. The number of amides is 1. The topological polar surface area (TPSA) is 36.0 Å². The van der Waals surface area contributed by atoms with Crippen molar-refractivity contribution in [1.29, 1.82) is 0 Å². The Kier molecular flexibility index (Phi) is 6.04. The Bertz CT molecular complexity index is 541. The van der Waals surface area contributed by atoms with E-state index in [1.807, 2.05) is 4.90 Å². The van der Waals surface area contributed by atoms with Crippen molar-refractivity contribution < 1.29 is 13.9 Å². The van der Waals surface area contributed by atoms with E-state index in [9.17, 15) is 9.18 Å². The third-order valence-corrected chi connectivity index (χ3v) is 4.78. The van der Waals surface area contributed by atoms with Crippen molar-refractivity contribution in [3.05, 3.63) is 30.1 Å². The minimum absolute atomic E-state index is 0.267. The van der Waals surface area contributed by atoms with Crippen LogP contribution in [-0.2, 0) is 4.79 Å². The van der Waals surface area contributed by atoms with Crippen molar-refractivity contribution in [2.75, 3.05) is 59.0 Å². The van der Waals surface area contributed by atoms with Gasteiger partial charge in [-0.2, -0.15) is 0 Å². The second-order valence-electron chi connectivity index (χ2n) is 6.48. The zero-order valence-corrected chi connectivity index (χ0v) is 14.1. The summed E-state index contributed by atoms with van der Waals surface area (Å²) in [6.45, 7) is 7.30. The number of carbonyl (C=O) groups excluding carboxylic acids is 1. The van der Waals surface area contributed by atoms with Crippen LogP contribution >= 0.6 is 0 Å². The largest absolute Gasteiger partial charge is 0.489 e. The molecule has 0 atom stereocenters. The van der Waals surface area contributed by atoms with Crippen LogP contribution < -0.4 is 4.74 Å². The predicted molar refractivity (Wildman–Crippen MR) is 90.6 cm³/mol. The zero-order valence-electron chi connectivity index (χ0n) is 14.1. The van der Waals surface area contributed by atoms with Gasteiger partial charge in [-0.25, -0.2) is 4.39 Å². The maximum Gasteiger partial charge on any atom is 0.236 e. The maximum atomic E-state index is 13.5. The summed E-state index contributed by atoms with van der Waals surface area (Å²) in [5.41, 5.74) is 0. The Balaban J connectivity index is 1.33. The highest BCUT2D eigenvalue weighted by atomic mass is 19.1. The fourth-order valence-corrected chi connectivity index (χ4v) is 3.28. The number of hydrogen-bond donors (Lipinski definition) is 0. The molecule has 0 spiro atoms. The molecule has 1 aromatic carbocycles. The van der Waals surface area contributed by atoms with Crippen LogP contribution in [0.15, 0.2) is 24.3 Å². The van der Waals surface area contributed by atoms with E-state index in [1.165, 1.54) is 6.07 Å². The van der Waals surface area contributed by atoms with Crippen LogP contribution in [0.4, 0.5) is 4.39 Å². The molecule has 2 aliphatic heterocycles. The number of hydrogen-bond acceptors (Lipinski definition) is 4. The molecular weight excluding hydrogens is 309 g/mol. The fourth-order valence-electron chi connectivity index (χ4n) is 3.28. The van der Waals surface area contributed by atoms with Gasteiger partial charge in [0.2, 0.25) is 5.91 Å². The van der Waals surface area contributed by atoms with Crippen molar-refractivity contribution in [1.82, 2.24) is 14.7 Å². The lowest BCUT2D eigenvalue weighted by Crippen LogP contribution is -2.50. The van der Waals surface area contributed by atoms with Crippen LogP contribution in [0, 0.1) is 5.82 Å². The van der Waals surface area contributed by atoms with E-state index in [-0.39, 0.29) is 11.7 Å². The molecule has 0 aromatic heterocycles. The lowest BCUT2D eigenvalue weighted by Gasteiger charge is -2.34. The number of carbonyl (C=O) groups is 1. The quantitative estimate of drug-likeness (QED) is 0.788. The molecule has 0 bridgehead atoms. The Labute approximate surface area is 143 Å². The number of rotatable bonds is 6. The van der Waals surface area contributed by atoms with Gasteiger partial charge >= 0.3 is 0 Å². The van der Waals surface area contributed by atoms with Gasteiger partial charge in [-0.15, -0.1) is 0 Å². The van der Waals surface area contributed by atoms with E-state index in [1.54, 1.807) is 18.2 Å². The second-order valence-corrected chi connectivity index (χ2v) is 6.48. The lowest BCUT2D eigenvalue weighted by molar-refractivity contribution is -0.131. The Hall–Kier alpha value is -1.66. The van der Waals surface area contributed by atoms with E-state index >= 15 is 0 Å². The second kappa shape index (κ2) is 8.44. The Morgan fingerprint density at radius 2 is 1.67 bits per heavy atom. The van der Waals surface area contributed by atoms with Gasteiger partial charge in [-0.05, 0) is 25.0 Å². The fraction of sp³-hybridized carbons (Fsp3) is 0.611. The van der Waals surface area contributed by atoms with Crippen molar-refractivity contribution in [3.8, 4) is 5.75 Å². The number of halogens is 1. The molecule has 3 rings (SSSR count). The maximum absolute atomic E-state index is 13.5. The van der Waals surface area contributed by atoms with E-state index in [4.69, 9.17) is 4.74 Å². The van der Waals surface area contributed by atoms with Crippen LogP contribution in [0.1, 0.15) is 12.8 Å². The minimum atomic E-state index is -0.317. The molecule has 0 aliphatic carbocycles. The molecule has 0 unspecified atom stereocenters. The van der Waals surface area contributed by atoms with Gasteiger partial charge in [0, 0.05) is 45.8 Å². The van der Waals surface area contributed by atoms with Crippen LogP contribution in [0.25, 0.3) is 0 Å². The monoisotopic (exact) mass is 335 g/mol. The van der Waals surface area contributed by atoms with Crippen molar-refractivity contribution in [2.45, 2.75) is 12.8 Å². The summed E-state index contributed by atoms with van der Waals surface area (Å²) >= 11 is 0. The first-order valence-corrected chi connectivity index (χ1v) is 8.82. The highest BCUT2D eigenvalue weighted by Gasteiger charge is 2.23. The van der Waals surface area contributed by atoms with Gasteiger partial charge < -0.3 is 9.64 Å². The molecule has 2 saturated heterocycles. The van der Waals surface area contributed by atoms with Crippen molar-refractivity contribution in [3.63, 3.8) is 0 Å². The minimum Gasteiger partial charge on any atom is -0.489 e. The molecule has 6 heteroatoms. The number of benzene rings is 1. The molecule has 0 radical (unpaired) electrons. The Morgan fingerprint density at radius 3 is 2.38 bits per heavy atom. The molecule has 24 heavy (non-hydrogen) atoms. The third-order valence-electron chi connectivity index (χ3n) is 4.78. The van der Waals surface area contributed by atoms with E-state index in [2.05, 4.69) is 9.80 Å². The van der Waals surface area contributed by atoms with Crippen LogP contribution in [0.2, 0.25) is 0 Å². The lowest BCUT2D eigenvalue weighted by atomic mass is 10.3. The predicted octanol–water partition coefficient (Wildman–Crippen LogP) is 1.44. The Morgan fingerprint density at radius 1 is 1.00 bits per heavy atom. The van der Waals surface area contributed by atoms with Gasteiger partial charge in [-0.1, -0.05) is 12.1 Å². The van der Waals surface area contributed by atoms with Gasteiger partial charge in [0.25, 0.3) is 0 Å².